The van der Waals surface area contributed by atoms with Gasteiger partial charge in [0.1, 0.15) is 0 Å². The first kappa shape index (κ1) is 24.2. The highest BCUT2D eigenvalue weighted by molar-refractivity contribution is 5.71. The number of hydrogen-bond acceptors (Lipinski definition) is 2. The molecule has 2 nitrogen and oxygen atoms in total. The van der Waals surface area contributed by atoms with Crippen LogP contribution in [0.1, 0.15) is 51.0 Å². The Morgan fingerprint density at radius 2 is 1.56 bits per heavy atom. The highest BCUT2D eigenvalue weighted by Crippen LogP contribution is 2.33. The van der Waals surface area contributed by atoms with Crippen LogP contribution in [-0.2, 0) is 4.74 Å². The minimum absolute atomic E-state index is 0.0620. The molecule has 1 saturated heterocycles. The molecule has 0 aliphatic carbocycles. The molecule has 4 rings (SSSR count). The molecule has 2 unspecified atom stereocenters. The second kappa shape index (κ2) is 11.4. The van der Waals surface area contributed by atoms with E-state index in [1.807, 2.05) is 24.3 Å². The predicted octanol–water partition coefficient (Wildman–Crippen LogP) is 8.32. The molecule has 3 aromatic rings. The van der Waals surface area contributed by atoms with Gasteiger partial charge in [-0.2, -0.15) is 4.39 Å². The van der Waals surface area contributed by atoms with E-state index in [-0.39, 0.29) is 17.9 Å². The average Bonchev–Trinajstić information content (AvgIpc) is 2.88. The maximum absolute atomic E-state index is 14.5. The third kappa shape index (κ3) is 5.56. The Hall–Kier alpha value is -2.98. The molecule has 0 radical (unpaired) electrons. The highest BCUT2D eigenvalue weighted by atomic mass is 19.2. The second-order valence-electron chi connectivity index (χ2n) is 8.75. The molecule has 0 saturated carbocycles. The molecule has 0 spiro atoms. The zero-order chi connectivity index (χ0) is 23.9. The van der Waals surface area contributed by atoms with Crippen molar-refractivity contribution in [3.63, 3.8) is 0 Å². The largest absolute Gasteiger partial charge is 0.491 e. The first-order valence-corrected chi connectivity index (χ1v) is 12.1. The van der Waals surface area contributed by atoms with Gasteiger partial charge in [0.2, 0.25) is 5.82 Å². The zero-order valence-corrected chi connectivity index (χ0v) is 19.9. The number of halogens is 2. The lowest BCUT2D eigenvalue weighted by Crippen LogP contribution is -2.24. The number of ether oxygens (including phenoxy) is 2. The standard InChI is InChI=1S/C30H32F2O2/c1-3-5-6-7-26-17-16-25(20-34-26)23-10-8-21(9-11-23)22-12-14-24(15-13-22)27-18-19-28(33-4-2)30(32)29(27)31/h3,5,8-15,18-19,25-26H,4,6-7,16-17,20H2,1-2H3. The van der Waals surface area contributed by atoms with E-state index in [0.717, 1.165) is 43.4 Å². The van der Waals surface area contributed by atoms with Crippen LogP contribution in [0, 0.1) is 11.6 Å². The van der Waals surface area contributed by atoms with Crippen molar-refractivity contribution in [1.82, 2.24) is 0 Å². The van der Waals surface area contributed by atoms with Gasteiger partial charge in [-0.25, -0.2) is 4.39 Å². The smallest absolute Gasteiger partial charge is 0.201 e. The maximum atomic E-state index is 14.5. The van der Waals surface area contributed by atoms with E-state index in [9.17, 15) is 8.78 Å². The summed E-state index contributed by atoms with van der Waals surface area (Å²) in [5.41, 5.74) is 4.28. The molecular formula is C30H32F2O2. The fourth-order valence-electron chi connectivity index (χ4n) is 4.56. The van der Waals surface area contributed by atoms with E-state index in [1.165, 1.54) is 11.6 Å². The number of hydrogen-bond donors (Lipinski definition) is 0. The molecule has 0 aromatic heterocycles. The van der Waals surface area contributed by atoms with E-state index >= 15 is 0 Å². The highest BCUT2D eigenvalue weighted by Gasteiger charge is 2.22. The molecular weight excluding hydrogens is 430 g/mol. The van der Waals surface area contributed by atoms with E-state index in [2.05, 4.69) is 43.3 Å². The quantitative estimate of drug-likeness (QED) is 0.313. The minimum atomic E-state index is -0.949. The van der Waals surface area contributed by atoms with Gasteiger partial charge in [0, 0.05) is 11.5 Å². The van der Waals surface area contributed by atoms with Crippen molar-refractivity contribution in [1.29, 1.82) is 0 Å². The third-order valence-electron chi connectivity index (χ3n) is 6.52. The summed E-state index contributed by atoms with van der Waals surface area (Å²) in [4.78, 5) is 0. The molecule has 0 amide bonds. The van der Waals surface area contributed by atoms with Crippen LogP contribution in [0.15, 0.2) is 72.8 Å². The lowest BCUT2D eigenvalue weighted by molar-refractivity contribution is -0.000184. The van der Waals surface area contributed by atoms with Gasteiger partial charge in [-0.1, -0.05) is 60.7 Å². The van der Waals surface area contributed by atoms with Gasteiger partial charge in [0.05, 0.1) is 19.3 Å². The van der Waals surface area contributed by atoms with Crippen molar-refractivity contribution in [3.05, 3.63) is 90.0 Å². The van der Waals surface area contributed by atoms with Crippen LogP contribution >= 0.6 is 0 Å². The molecule has 1 heterocycles. The number of benzene rings is 3. The van der Waals surface area contributed by atoms with Crippen molar-refractivity contribution in [3.8, 4) is 28.0 Å². The van der Waals surface area contributed by atoms with Crippen molar-refractivity contribution in [2.75, 3.05) is 13.2 Å². The summed E-state index contributed by atoms with van der Waals surface area (Å²) in [7, 11) is 0. The van der Waals surface area contributed by atoms with Gasteiger partial charge < -0.3 is 9.47 Å². The second-order valence-corrected chi connectivity index (χ2v) is 8.75. The Kier molecular flexibility index (Phi) is 8.12. The van der Waals surface area contributed by atoms with Crippen molar-refractivity contribution in [2.45, 2.75) is 51.6 Å². The molecule has 3 aromatic carbocycles. The monoisotopic (exact) mass is 462 g/mol. The van der Waals surface area contributed by atoms with Gasteiger partial charge in [-0.15, -0.1) is 0 Å². The van der Waals surface area contributed by atoms with Gasteiger partial charge in [0.25, 0.3) is 0 Å². The van der Waals surface area contributed by atoms with Gasteiger partial charge in [-0.3, -0.25) is 0 Å². The molecule has 1 fully saturated rings. The summed E-state index contributed by atoms with van der Waals surface area (Å²) in [5.74, 6) is -1.46. The Labute approximate surface area is 201 Å². The van der Waals surface area contributed by atoms with Crippen molar-refractivity contribution in [2.24, 2.45) is 0 Å². The molecule has 0 bridgehead atoms. The fraction of sp³-hybridized carbons (Fsp3) is 0.333. The molecule has 1 aliphatic heterocycles. The first-order valence-electron chi connectivity index (χ1n) is 12.1. The molecule has 34 heavy (non-hydrogen) atoms. The summed E-state index contributed by atoms with van der Waals surface area (Å²) >= 11 is 0. The Morgan fingerprint density at radius 1 is 0.882 bits per heavy atom. The third-order valence-corrected chi connectivity index (χ3v) is 6.52. The van der Waals surface area contributed by atoms with Crippen LogP contribution < -0.4 is 4.74 Å². The van der Waals surface area contributed by atoms with Crippen LogP contribution in [0.5, 0.6) is 5.75 Å². The van der Waals surface area contributed by atoms with E-state index in [1.54, 1.807) is 13.0 Å². The normalized spacial score (nSPS) is 18.4. The lowest BCUT2D eigenvalue weighted by atomic mass is 9.89. The molecule has 2 atom stereocenters. The average molecular weight is 463 g/mol. The van der Waals surface area contributed by atoms with Crippen molar-refractivity contribution >= 4 is 0 Å². The van der Waals surface area contributed by atoms with Crippen LogP contribution in [0.2, 0.25) is 0 Å². The van der Waals surface area contributed by atoms with Gasteiger partial charge in [-0.05, 0) is 73.9 Å². The lowest BCUT2D eigenvalue weighted by Gasteiger charge is -2.29. The first-order chi connectivity index (χ1) is 16.6. The van der Waals surface area contributed by atoms with Crippen molar-refractivity contribution < 1.29 is 18.3 Å². The van der Waals surface area contributed by atoms with Crippen LogP contribution in [0.3, 0.4) is 0 Å². The minimum Gasteiger partial charge on any atom is -0.491 e. The summed E-state index contributed by atoms with van der Waals surface area (Å²) in [6.07, 6.45) is 9.11. The van der Waals surface area contributed by atoms with Crippen LogP contribution in [-0.4, -0.2) is 19.3 Å². The molecule has 178 valence electrons. The zero-order valence-electron chi connectivity index (χ0n) is 19.9. The predicted molar refractivity (Wildman–Crippen MR) is 134 cm³/mol. The molecule has 0 N–H and O–H groups in total. The SMILES string of the molecule is CC=CCCC1CCC(c2ccc(-c3ccc(-c4ccc(OCC)c(F)c4F)cc3)cc2)CO1. The van der Waals surface area contributed by atoms with Crippen LogP contribution in [0.25, 0.3) is 22.3 Å². The topological polar surface area (TPSA) is 18.5 Å². The van der Waals surface area contributed by atoms with Crippen LogP contribution in [0.4, 0.5) is 8.78 Å². The Bertz CT molecular complexity index is 1100. The molecule has 4 heteroatoms. The summed E-state index contributed by atoms with van der Waals surface area (Å²) in [6.45, 7) is 4.86. The number of rotatable bonds is 8. The summed E-state index contributed by atoms with van der Waals surface area (Å²) in [6, 6.07) is 19.2. The molecule has 1 aliphatic rings. The Morgan fingerprint density at radius 3 is 2.18 bits per heavy atom. The van der Waals surface area contributed by atoms with E-state index < -0.39 is 11.6 Å². The van der Waals surface area contributed by atoms with E-state index in [0.29, 0.717) is 17.6 Å². The van der Waals surface area contributed by atoms with E-state index in [4.69, 9.17) is 9.47 Å². The summed E-state index contributed by atoms with van der Waals surface area (Å²) in [5, 5.41) is 0. The Balaban J connectivity index is 1.41. The van der Waals surface area contributed by atoms with Gasteiger partial charge >= 0.3 is 0 Å². The fourth-order valence-corrected chi connectivity index (χ4v) is 4.56. The van der Waals surface area contributed by atoms with Gasteiger partial charge in [0.15, 0.2) is 11.6 Å². The summed E-state index contributed by atoms with van der Waals surface area (Å²) < 4.78 is 40.0. The number of allylic oxidation sites excluding steroid dienone is 2. The maximum Gasteiger partial charge on any atom is 0.201 e.